The van der Waals surface area contributed by atoms with E-state index in [0.29, 0.717) is 28.7 Å². The fourth-order valence-electron chi connectivity index (χ4n) is 3.39. The van der Waals surface area contributed by atoms with Crippen molar-refractivity contribution in [2.45, 2.75) is 30.6 Å². The highest BCUT2D eigenvalue weighted by Crippen LogP contribution is 2.37. The number of carbonyl (C=O) groups is 2. The molecule has 2 aromatic rings. The smallest absolute Gasteiger partial charge is 0.417 e. The monoisotopic (exact) mass is 464 g/mol. The number of nitrogens with zero attached hydrogens (tertiary/aromatic N) is 1. The number of ether oxygens (including phenoxy) is 1. The zero-order chi connectivity index (χ0) is 22.1. The second-order valence-electron chi connectivity index (χ2n) is 6.88. The summed E-state index contributed by atoms with van der Waals surface area (Å²) in [5.74, 6) is -10.8. The molecule has 0 radical (unpaired) electrons. The molecule has 5 nitrogen and oxygen atoms in total. The van der Waals surface area contributed by atoms with Crippen LogP contribution >= 0.6 is 12.4 Å². The van der Waals surface area contributed by atoms with Crippen molar-refractivity contribution in [3.63, 3.8) is 0 Å². The van der Waals surface area contributed by atoms with Crippen molar-refractivity contribution < 1.29 is 36.3 Å². The van der Waals surface area contributed by atoms with Gasteiger partial charge in [-0.3, -0.25) is 10.5 Å². The van der Waals surface area contributed by atoms with Gasteiger partial charge in [-0.25, -0.2) is 31.6 Å². The van der Waals surface area contributed by atoms with Crippen LogP contribution in [0.1, 0.15) is 17.0 Å². The van der Waals surface area contributed by atoms with Crippen molar-refractivity contribution in [2.24, 2.45) is 5.73 Å². The molecule has 0 saturated carbocycles. The molecule has 3 atom stereocenters. The van der Waals surface area contributed by atoms with Gasteiger partial charge in [0.25, 0.3) is 11.7 Å². The zero-order valence-electron chi connectivity index (χ0n) is 15.8. The first-order valence-electron chi connectivity index (χ1n) is 8.87. The lowest BCUT2D eigenvalue weighted by molar-refractivity contribution is -0.146. The van der Waals surface area contributed by atoms with E-state index in [0.717, 1.165) is 0 Å². The fourth-order valence-corrected chi connectivity index (χ4v) is 3.39. The third-order valence-corrected chi connectivity index (χ3v) is 4.77. The van der Waals surface area contributed by atoms with Gasteiger partial charge in [-0.1, -0.05) is 30.3 Å². The predicted octanol–water partition coefficient (Wildman–Crippen LogP) is 3.95. The summed E-state index contributed by atoms with van der Waals surface area (Å²) < 4.78 is 74.5. The number of rotatable bonds is 6. The Morgan fingerprint density at radius 1 is 1.16 bits per heavy atom. The fraction of sp³-hybridized carbons (Fsp3) is 0.300. The minimum absolute atomic E-state index is 0. The first-order chi connectivity index (χ1) is 14.1. The summed E-state index contributed by atoms with van der Waals surface area (Å²) in [6.45, 7) is -0.288. The third-order valence-electron chi connectivity index (χ3n) is 4.77. The highest BCUT2D eigenvalue weighted by molar-refractivity contribution is 5.98. The average Bonchev–Trinajstić information content (AvgIpc) is 3.00. The van der Waals surface area contributed by atoms with E-state index in [9.17, 15) is 27.2 Å². The number of halogens is 6. The number of carbonyl (C=O) groups excluding carboxylic acids is 2. The van der Waals surface area contributed by atoms with Crippen molar-refractivity contribution >= 4 is 24.4 Å². The largest absolute Gasteiger partial charge is 0.447 e. The summed E-state index contributed by atoms with van der Waals surface area (Å²) in [6.07, 6.45) is -4.77. The van der Waals surface area contributed by atoms with E-state index in [1.54, 1.807) is 30.3 Å². The highest BCUT2D eigenvalue weighted by atomic mass is 35.5. The molecule has 3 rings (SSSR count). The molecule has 1 aliphatic heterocycles. The summed E-state index contributed by atoms with van der Waals surface area (Å²) in [7, 11) is 0. The number of imide groups is 1. The molecule has 0 aliphatic carbocycles. The molecule has 0 bridgehead atoms. The van der Waals surface area contributed by atoms with Gasteiger partial charge in [0.1, 0.15) is 24.2 Å². The predicted molar refractivity (Wildman–Crippen MR) is 103 cm³/mol. The zero-order valence-corrected chi connectivity index (χ0v) is 16.6. The van der Waals surface area contributed by atoms with E-state index in [2.05, 4.69) is 0 Å². The van der Waals surface area contributed by atoms with Crippen molar-refractivity contribution in [3.05, 3.63) is 71.3 Å². The highest BCUT2D eigenvalue weighted by Gasteiger charge is 2.54. The van der Waals surface area contributed by atoms with Gasteiger partial charge in [-0.05, 0) is 29.7 Å². The van der Waals surface area contributed by atoms with Gasteiger partial charge in [-0.2, -0.15) is 0 Å². The molecule has 1 saturated heterocycles. The van der Waals surface area contributed by atoms with Crippen LogP contribution in [0.25, 0.3) is 0 Å². The summed E-state index contributed by atoms with van der Waals surface area (Å²) in [6, 6.07) is 8.84. The van der Waals surface area contributed by atoms with Gasteiger partial charge in [0.05, 0.1) is 6.04 Å². The van der Waals surface area contributed by atoms with Gasteiger partial charge in [-0.15, -0.1) is 12.4 Å². The molecule has 168 valence electrons. The Balaban J connectivity index is 0.00000341. The number of hydrogen-bond donors (Lipinski definition) is 1. The minimum Gasteiger partial charge on any atom is -0.447 e. The third kappa shape index (κ3) is 5.13. The standard InChI is InChI=1S/C20H17F5N2O3.ClH/c21-13-7-12(8-14(22)9-13)16(17(23)24)20(25,26)18(28)27-15(10-30-19(27)29)6-11-4-2-1-3-5-11;/h1-5,7-9,15-17H,6,10,26H2;1H/t15-,16-,20+;/m0./s1. The molecule has 1 aliphatic rings. The van der Waals surface area contributed by atoms with Crippen LogP contribution in [0.3, 0.4) is 0 Å². The molecule has 2 amide bonds. The molecular formula is C20H18ClF5N2O3. The maximum atomic E-state index is 15.3. The van der Waals surface area contributed by atoms with Gasteiger partial charge < -0.3 is 4.74 Å². The summed E-state index contributed by atoms with van der Waals surface area (Å²) in [5.41, 5.74) is 5.17. The van der Waals surface area contributed by atoms with Crippen LogP contribution in [0.5, 0.6) is 0 Å². The Kier molecular flexibility index (Phi) is 7.61. The van der Waals surface area contributed by atoms with Crippen LogP contribution in [0.15, 0.2) is 48.5 Å². The number of nitrogens with two attached hydrogens (primary N) is 1. The quantitative estimate of drug-likeness (QED) is 0.519. The minimum atomic E-state index is -3.84. The first-order valence-corrected chi connectivity index (χ1v) is 8.87. The number of amides is 2. The molecule has 0 spiro atoms. The van der Waals surface area contributed by atoms with E-state index in [1.807, 2.05) is 0 Å². The molecule has 1 fully saturated rings. The van der Waals surface area contributed by atoms with Crippen LogP contribution in [-0.2, 0) is 16.0 Å². The Hall–Kier alpha value is -2.72. The molecule has 11 heteroatoms. The molecule has 0 unspecified atom stereocenters. The number of cyclic esters (lactones) is 1. The summed E-state index contributed by atoms with van der Waals surface area (Å²) in [5, 5.41) is 0. The topological polar surface area (TPSA) is 72.6 Å². The van der Waals surface area contributed by atoms with Gasteiger partial charge >= 0.3 is 6.09 Å². The van der Waals surface area contributed by atoms with Crippen molar-refractivity contribution in [3.8, 4) is 0 Å². The van der Waals surface area contributed by atoms with Crippen molar-refractivity contribution in [1.29, 1.82) is 0 Å². The normalized spacial score (nSPS) is 18.9. The molecule has 1 heterocycles. The Morgan fingerprint density at radius 3 is 2.29 bits per heavy atom. The number of hydrogen-bond acceptors (Lipinski definition) is 4. The van der Waals surface area contributed by atoms with Crippen LogP contribution in [-0.4, -0.2) is 41.8 Å². The molecule has 2 aromatic carbocycles. The average molecular weight is 465 g/mol. The Morgan fingerprint density at radius 2 is 1.74 bits per heavy atom. The SMILES string of the molecule is Cl.N[C@@](F)(C(=O)N1C(=O)OC[C@@H]1Cc1ccccc1)[C@@H](c1cc(F)cc(F)c1)C(F)F. The molecule has 2 N–H and O–H groups in total. The second-order valence-corrected chi connectivity index (χ2v) is 6.88. The maximum Gasteiger partial charge on any atom is 0.417 e. The van der Waals surface area contributed by atoms with Gasteiger partial charge in [0.2, 0.25) is 6.43 Å². The van der Waals surface area contributed by atoms with E-state index in [4.69, 9.17) is 10.5 Å². The van der Waals surface area contributed by atoms with Crippen LogP contribution in [0, 0.1) is 11.6 Å². The van der Waals surface area contributed by atoms with Crippen molar-refractivity contribution in [2.75, 3.05) is 6.61 Å². The number of alkyl halides is 3. The van der Waals surface area contributed by atoms with Crippen LogP contribution < -0.4 is 5.73 Å². The lowest BCUT2D eigenvalue weighted by atomic mass is 9.88. The maximum absolute atomic E-state index is 15.3. The second kappa shape index (κ2) is 9.61. The Labute approximate surface area is 180 Å². The van der Waals surface area contributed by atoms with Gasteiger partial charge in [0.15, 0.2) is 0 Å². The summed E-state index contributed by atoms with van der Waals surface area (Å²) in [4.78, 5) is 25.2. The lowest BCUT2D eigenvalue weighted by Crippen LogP contribution is -2.59. The van der Waals surface area contributed by atoms with E-state index < -0.39 is 53.4 Å². The molecule has 31 heavy (non-hydrogen) atoms. The van der Waals surface area contributed by atoms with Gasteiger partial charge in [0, 0.05) is 6.07 Å². The molecular weight excluding hydrogens is 447 g/mol. The molecule has 0 aromatic heterocycles. The van der Waals surface area contributed by atoms with Crippen molar-refractivity contribution in [1.82, 2.24) is 4.90 Å². The van der Waals surface area contributed by atoms with Crippen LogP contribution in [0.2, 0.25) is 0 Å². The van der Waals surface area contributed by atoms with E-state index in [1.165, 1.54) is 0 Å². The summed E-state index contributed by atoms with van der Waals surface area (Å²) >= 11 is 0. The Bertz CT molecular complexity index is 925. The van der Waals surface area contributed by atoms with E-state index >= 15 is 4.39 Å². The lowest BCUT2D eigenvalue weighted by Gasteiger charge is -2.32. The van der Waals surface area contributed by atoms with Crippen LogP contribution in [0.4, 0.5) is 26.7 Å². The van der Waals surface area contributed by atoms with E-state index in [-0.39, 0.29) is 25.4 Å². The number of benzene rings is 2. The first kappa shape index (κ1) is 24.5.